The highest BCUT2D eigenvalue weighted by molar-refractivity contribution is 6.10. The van der Waals surface area contributed by atoms with Crippen molar-refractivity contribution in [2.45, 2.75) is 20.5 Å². The Labute approximate surface area is 205 Å². The number of methoxy groups -OCH3 is 1. The largest absolute Gasteiger partial charge is 0.493 e. The summed E-state index contributed by atoms with van der Waals surface area (Å²) in [7, 11) is 1.56. The Morgan fingerprint density at radius 1 is 0.971 bits per heavy atom. The van der Waals surface area contributed by atoms with E-state index in [0.717, 1.165) is 27.5 Å². The number of anilines is 1. The van der Waals surface area contributed by atoms with Crippen molar-refractivity contribution in [2.75, 3.05) is 12.4 Å². The zero-order chi connectivity index (χ0) is 24.8. The summed E-state index contributed by atoms with van der Waals surface area (Å²) in [5.41, 5.74) is 4.37. The zero-order valence-corrected chi connectivity index (χ0v) is 20.0. The maximum Gasteiger partial charge on any atom is 0.266 e. The van der Waals surface area contributed by atoms with Crippen LogP contribution in [0.3, 0.4) is 0 Å². The SMILES string of the molecule is COc1cc(C=C(C#N)C(=O)Nc2cc(C)ccc2C)ccc1OCc1cccc2ccccc12. The molecule has 0 unspecified atom stereocenters. The van der Waals surface area contributed by atoms with Gasteiger partial charge in [-0.3, -0.25) is 4.79 Å². The standard InChI is InChI=1S/C30H26N2O3/c1-20-11-12-21(2)27(15-20)32-30(33)25(18-31)16-22-13-14-28(29(17-22)34-3)35-19-24-9-6-8-23-7-4-5-10-26(23)24/h4-17H,19H2,1-3H3,(H,32,33). The highest BCUT2D eigenvalue weighted by Gasteiger charge is 2.13. The third-order valence-corrected chi connectivity index (χ3v) is 5.77. The molecule has 0 saturated heterocycles. The maximum absolute atomic E-state index is 12.7. The van der Waals surface area contributed by atoms with Gasteiger partial charge in [0.05, 0.1) is 7.11 Å². The molecule has 0 aliphatic rings. The molecule has 0 saturated carbocycles. The van der Waals surface area contributed by atoms with E-state index in [0.29, 0.717) is 29.4 Å². The first-order valence-electron chi connectivity index (χ1n) is 11.3. The van der Waals surface area contributed by atoms with Crippen molar-refractivity contribution in [2.24, 2.45) is 0 Å². The Morgan fingerprint density at radius 2 is 1.77 bits per heavy atom. The van der Waals surface area contributed by atoms with Crippen molar-refractivity contribution < 1.29 is 14.3 Å². The molecular weight excluding hydrogens is 436 g/mol. The van der Waals surface area contributed by atoms with E-state index < -0.39 is 5.91 Å². The van der Waals surface area contributed by atoms with Gasteiger partial charge in [0.1, 0.15) is 18.2 Å². The molecular formula is C30H26N2O3. The van der Waals surface area contributed by atoms with Gasteiger partial charge in [0.15, 0.2) is 11.5 Å². The molecule has 0 aromatic heterocycles. The summed E-state index contributed by atoms with van der Waals surface area (Å²) < 4.78 is 11.6. The molecule has 0 aliphatic heterocycles. The normalized spacial score (nSPS) is 11.1. The van der Waals surface area contributed by atoms with E-state index in [1.54, 1.807) is 25.3 Å². The van der Waals surface area contributed by atoms with Crippen molar-refractivity contribution >= 4 is 28.4 Å². The van der Waals surface area contributed by atoms with Crippen LogP contribution in [0.15, 0.2) is 84.4 Å². The highest BCUT2D eigenvalue weighted by atomic mass is 16.5. The minimum atomic E-state index is -0.462. The van der Waals surface area contributed by atoms with Gasteiger partial charge < -0.3 is 14.8 Å². The fourth-order valence-corrected chi connectivity index (χ4v) is 3.84. The van der Waals surface area contributed by atoms with Crippen LogP contribution in [0, 0.1) is 25.2 Å². The monoisotopic (exact) mass is 462 g/mol. The molecule has 4 aromatic rings. The summed E-state index contributed by atoms with van der Waals surface area (Å²) in [6.07, 6.45) is 1.54. The fourth-order valence-electron chi connectivity index (χ4n) is 3.84. The molecule has 35 heavy (non-hydrogen) atoms. The van der Waals surface area contributed by atoms with Crippen LogP contribution in [-0.2, 0) is 11.4 Å². The summed E-state index contributed by atoms with van der Waals surface area (Å²) in [4.78, 5) is 12.7. The van der Waals surface area contributed by atoms with E-state index in [1.807, 2.05) is 62.4 Å². The van der Waals surface area contributed by atoms with Gasteiger partial charge in [-0.15, -0.1) is 0 Å². The molecule has 1 amide bonds. The van der Waals surface area contributed by atoms with Gasteiger partial charge in [-0.1, -0.05) is 60.7 Å². The van der Waals surface area contributed by atoms with Crippen LogP contribution < -0.4 is 14.8 Å². The Balaban J connectivity index is 1.53. The first kappa shape index (κ1) is 23.6. The molecule has 0 fully saturated rings. The second-order valence-corrected chi connectivity index (χ2v) is 8.28. The van der Waals surface area contributed by atoms with Crippen LogP contribution in [0.2, 0.25) is 0 Å². The second-order valence-electron chi connectivity index (χ2n) is 8.28. The van der Waals surface area contributed by atoms with Gasteiger partial charge in [0, 0.05) is 5.69 Å². The van der Waals surface area contributed by atoms with Crippen molar-refractivity contribution in [3.8, 4) is 17.6 Å². The molecule has 5 heteroatoms. The lowest BCUT2D eigenvalue weighted by molar-refractivity contribution is -0.112. The Hall–Kier alpha value is -4.56. The lowest BCUT2D eigenvalue weighted by Gasteiger charge is -2.13. The molecule has 0 aliphatic carbocycles. The van der Waals surface area contributed by atoms with E-state index in [4.69, 9.17) is 9.47 Å². The number of nitrogens with zero attached hydrogens (tertiary/aromatic N) is 1. The smallest absolute Gasteiger partial charge is 0.266 e. The second kappa shape index (κ2) is 10.6. The summed E-state index contributed by atoms with van der Waals surface area (Å²) >= 11 is 0. The molecule has 4 rings (SSSR count). The number of hydrogen-bond acceptors (Lipinski definition) is 4. The number of carbonyl (C=O) groups excluding carboxylic acids is 1. The van der Waals surface area contributed by atoms with Crippen LogP contribution in [0.25, 0.3) is 16.8 Å². The zero-order valence-electron chi connectivity index (χ0n) is 20.0. The first-order valence-corrected chi connectivity index (χ1v) is 11.3. The number of rotatable bonds is 7. The van der Waals surface area contributed by atoms with E-state index in [-0.39, 0.29) is 5.57 Å². The Kier molecular flexibility index (Phi) is 7.13. The lowest BCUT2D eigenvalue weighted by atomic mass is 10.1. The Morgan fingerprint density at radius 3 is 2.57 bits per heavy atom. The predicted molar refractivity (Wildman–Crippen MR) is 139 cm³/mol. The third-order valence-electron chi connectivity index (χ3n) is 5.77. The number of fused-ring (bicyclic) bond motifs is 1. The topological polar surface area (TPSA) is 71.3 Å². The summed E-state index contributed by atoms with van der Waals surface area (Å²) in [6, 6.07) is 27.4. The molecule has 1 N–H and O–H groups in total. The number of carbonyl (C=O) groups is 1. The van der Waals surface area contributed by atoms with Crippen LogP contribution in [-0.4, -0.2) is 13.0 Å². The van der Waals surface area contributed by atoms with Crippen molar-refractivity contribution in [3.05, 3.63) is 107 Å². The molecule has 5 nitrogen and oxygen atoms in total. The number of nitriles is 1. The Bertz CT molecular complexity index is 1460. The van der Waals surface area contributed by atoms with E-state index in [2.05, 4.69) is 23.5 Å². The molecule has 0 atom stereocenters. The van der Waals surface area contributed by atoms with E-state index in [9.17, 15) is 10.1 Å². The maximum atomic E-state index is 12.7. The number of amides is 1. The number of hydrogen-bond donors (Lipinski definition) is 1. The summed E-state index contributed by atoms with van der Waals surface area (Å²) in [6.45, 7) is 4.24. The van der Waals surface area contributed by atoms with Gasteiger partial charge in [0.25, 0.3) is 5.91 Å². The van der Waals surface area contributed by atoms with Gasteiger partial charge in [-0.05, 0) is 71.1 Å². The van der Waals surface area contributed by atoms with Crippen molar-refractivity contribution in [1.29, 1.82) is 5.26 Å². The minimum Gasteiger partial charge on any atom is -0.493 e. The van der Waals surface area contributed by atoms with E-state index >= 15 is 0 Å². The summed E-state index contributed by atoms with van der Waals surface area (Å²) in [5.74, 6) is 0.638. The number of benzene rings is 4. The van der Waals surface area contributed by atoms with Gasteiger partial charge in [-0.2, -0.15) is 5.26 Å². The van der Waals surface area contributed by atoms with E-state index in [1.165, 1.54) is 6.08 Å². The van der Waals surface area contributed by atoms with Crippen molar-refractivity contribution in [3.63, 3.8) is 0 Å². The van der Waals surface area contributed by atoms with Crippen LogP contribution in [0.4, 0.5) is 5.69 Å². The average Bonchev–Trinajstić information content (AvgIpc) is 2.88. The third kappa shape index (κ3) is 5.51. The molecule has 4 aromatic carbocycles. The summed E-state index contributed by atoms with van der Waals surface area (Å²) in [5, 5.41) is 14.7. The van der Waals surface area contributed by atoms with Crippen LogP contribution in [0.1, 0.15) is 22.3 Å². The number of ether oxygens (including phenoxy) is 2. The molecule has 0 heterocycles. The number of aryl methyl sites for hydroxylation is 2. The molecule has 0 bridgehead atoms. The van der Waals surface area contributed by atoms with Gasteiger partial charge in [0.2, 0.25) is 0 Å². The highest BCUT2D eigenvalue weighted by Crippen LogP contribution is 2.30. The molecule has 0 radical (unpaired) electrons. The number of nitrogens with one attached hydrogen (secondary N) is 1. The van der Waals surface area contributed by atoms with Crippen LogP contribution >= 0.6 is 0 Å². The van der Waals surface area contributed by atoms with Crippen LogP contribution in [0.5, 0.6) is 11.5 Å². The van der Waals surface area contributed by atoms with Gasteiger partial charge in [-0.25, -0.2) is 0 Å². The quantitative estimate of drug-likeness (QED) is 0.248. The van der Waals surface area contributed by atoms with Crippen molar-refractivity contribution in [1.82, 2.24) is 0 Å². The fraction of sp³-hybridized carbons (Fsp3) is 0.133. The predicted octanol–water partition coefficient (Wildman–Crippen LogP) is 6.59. The van der Waals surface area contributed by atoms with Gasteiger partial charge >= 0.3 is 0 Å². The lowest BCUT2D eigenvalue weighted by Crippen LogP contribution is -2.14. The molecule has 0 spiro atoms. The first-order chi connectivity index (χ1) is 17.0. The molecule has 174 valence electrons. The average molecular weight is 463 g/mol. The minimum absolute atomic E-state index is 0.00242.